The number of carbonyl (C=O) groups excluding carboxylic acids is 1. The van der Waals surface area contributed by atoms with E-state index in [0.717, 1.165) is 0 Å². The van der Waals surface area contributed by atoms with Crippen LogP contribution in [0, 0.1) is 0 Å². The number of phenolic OH excluding ortho intramolecular Hbond substituents is 1. The molecule has 2 unspecified atom stereocenters. The van der Waals surface area contributed by atoms with E-state index in [-0.39, 0.29) is 23.3 Å². The second-order valence-electron chi connectivity index (χ2n) is 4.32. The first kappa shape index (κ1) is 15.5. The zero-order valence-corrected chi connectivity index (χ0v) is 12.1. The third-order valence-corrected chi connectivity index (χ3v) is 3.47. The molecule has 6 heteroatoms. The molecule has 1 aromatic rings. The van der Waals surface area contributed by atoms with Gasteiger partial charge in [0.1, 0.15) is 11.5 Å². The van der Waals surface area contributed by atoms with Crippen LogP contribution < -0.4 is 10.1 Å². The van der Waals surface area contributed by atoms with Crippen molar-refractivity contribution in [2.75, 3.05) is 19.1 Å². The Labute approximate surface area is 115 Å². The molecule has 1 rings (SSSR count). The van der Waals surface area contributed by atoms with E-state index in [2.05, 4.69) is 5.32 Å². The number of carbonyl (C=O) groups is 1. The topological polar surface area (TPSA) is 75.6 Å². The molecule has 0 spiro atoms. The van der Waals surface area contributed by atoms with Crippen LogP contribution >= 0.6 is 0 Å². The Hall–Kier alpha value is -1.56. The molecule has 1 aromatic carbocycles. The molecule has 0 bridgehead atoms. The van der Waals surface area contributed by atoms with E-state index in [9.17, 15) is 14.1 Å². The summed E-state index contributed by atoms with van der Waals surface area (Å²) in [6.07, 6.45) is 2.25. The van der Waals surface area contributed by atoms with Crippen LogP contribution in [0.4, 0.5) is 0 Å². The highest BCUT2D eigenvalue weighted by atomic mass is 32.2. The lowest BCUT2D eigenvalue weighted by Crippen LogP contribution is -2.33. The lowest BCUT2D eigenvalue weighted by atomic mass is 10.1. The number of aromatic hydroxyl groups is 1. The standard InChI is InChI=1S/C13H19NO4S/c1-9(6-7-19(3)17)14-13(16)11-8-10(18-2)4-5-12(11)15/h4-5,8-9,15H,6-7H2,1-3H3,(H,14,16). The Balaban J connectivity index is 2.69. The van der Waals surface area contributed by atoms with Crippen molar-refractivity contribution in [1.82, 2.24) is 5.32 Å². The molecule has 0 saturated carbocycles. The SMILES string of the molecule is COc1ccc(O)c(C(=O)NC(C)CCS(C)=O)c1. The molecule has 5 nitrogen and oxygen atoms in total. The number of phenols is 1. The Bertz CT molecular complexity index is 476. The number of rotatable bonds is 6. The quantitative estimate of drug-likeness (QED) is 0.826. The molecule has 1 amide bonds. The molecule has 0 aliphatic rings. The Morgan fingerprint density at radius 2 is 2.21 bits per heavy atom. The molecule has 0 radical (unpaired) electrons. The number of amides is 1. The van der Waals surface area contributed by atoms with Gasteiger partial charge >= 0.3 is 0 Å². The monoisotopic (exact) mass is 285 g/mol. The lowest BCUT2D eigenvalue weighted by Gasteiger charge is -2.14. The highest BCUT2D eigenvalue weighted by Crippen LogP contribution is 2.22. The van der Waals surface area contributed by atoms with Crippen LogP contribution in [-0.4, -0.2) is 40.4 Å². The fourth-order valence-electron chi connectivity index (χ4n) is 1.54. The average molecular weight is 285 g/mol. The predicted molar refractivity (Wildman–Crippen MR) is 75.1 cm³/mol. The molecule has 19 heavy (non-hydrogen) atoms. The second kappa shape index (κ2) is 7.13. The molecular formula is C13H19NO4S. The summed E-state index contributed by atoms with van der Waals surface area (Å²) in [5, 5.41) is 12.4. The van der Waals surface area contributed by atoms with Gasteiger partial charge in [-0.3, -0.25) is 9.00 Å². The molecule has 106 valence electrons. The minimum absolute atomic E-state index is 0.0930. The molecule has 0 heterocycles. The van der Waals surface area contributed by atoms with E-state index in [1.54, 1.807) is 12.3 Å². The van der Waals surface area contributed by atoms with E-state index >= 15 is 0 Å². The Morgan fingerprint density at radius 3 is 2.79 bits per heavy atom. The van der Waals surface area contributed by atoms with Gasteiger partial charge in [-0.05, 0) is 31.5 Å². The fraction of sp³-hybridized carbons (Fsp3) is 0.462. The molecular weight excluding hydrogens is 266 g/mol. The van der Waals surface area contributed by atoms with Gasteiger partial charge in [-0.2, -0.15) is 0 Å². The molecule has 2 atom stereocenters. The third-order valence-electron chi connectivity index (χ3n) is 2.66. The van der Waals surface area contributed by atoms with Crippen molar-refractivity contribution in [2.45, 2.75) is 19.4 Å². The van der Waals surface area contributed by atoms with E-state index in [1.165, 1.54) is 19.2 Å². The number of benzene rings is 1. The van der Waals surface area contributed by atoms with Gasteiger partial charge in [0, 0.05) is 28.9 Å². The molecule has 0 fully saturated rings. The van der Waals surface area contributed by atoms with Gasteiger partial charge in [-0.1, -0.05) is 0 Å². The second-order valence-corrected chi connectivity index (χ2v) is 5.88. The van der Waals surface area contributed by atoms with Crippen molar-refractivity contribution >= 4 is 16.7 Å². The highest BCUT2D eigenvalue weighted by molar-refractivity contribution is 7.84. The Morgan fingerprint density at radius 1 is 1.53 bits per heavy atom. The summed E-state index contributed by atoms with van der Waals surface area (Å²) in [4.78, 5) is 12.0. The molecule has 0 saturated heterocycles. The third kappa shape index (κ3) is 4.90. The number of nitrogens with one attached hydrogen (secondary N) is 1. The summed E-state index contributed by atoms with van der Waals surface area (Å²) in [5.74, 6) is 0.576. The molecule has 0 aliphatic heterocycles. The van der Waals surface area contributed by atoms with Gasteiger partial charge in [0.2, 0.25) is 0 Å². The maximum atomic E-state index is 12.0. The summed E-state index contributed by atoms with van der Waals surface area (Å²) in [6, 6.07) is 4.37. The summed E-state index contributed by atoms with van der Waals surface area (Å²) in [7, 11) is 0.618. The minimum Gasteiger partial charge on any atom is -0.507 e. The van der Waals surface area contributed by atoms with Crippen LogP contribution in [0.3, 0.4) is 0 Å². The largest absolute Gasteiger partial charge is 0.507 e. The van der Waals surface area contributed by atoms with Crippen LogP contribution in [0.2, 0.25) is 0 Å². The van der Waals surface area contributed by atoms with Gasteiger partial charge in [-0.15, -0.1) is 0 Å². The lowest BCUT2D eigenvalue weighted by molar-refractivity contribution is 0.0936. The van der Waals surface area contributed by atoms with E-state index in [4.69, 9.17) is 4.74 Å². The van der Waals surface area contributed by atoms with Crippen molar-refractivity contribution < 1.29 is 18.8 Å². The number of ether oxygens (including phenoxy) is 1. The Kier molecular flexibility index (Phi) is 5.82. The predicted octanol–water partition coefficient (Wildman–Crippen LogP) is 1.29. The normalized spacial score (nSPS) is 13.6. The number of hydrogen-bond donors (Lipinski definition) is 2. The zero-order chi connectivity index (χ0) is 14.4. The van der Waals surface area contributed by atoms with E-state index in [0.29, 0.717) is 17.9 Å². The van der Waals surface area contributed by atoms with Crippen molar-refractivity contribution in [1.29, 1.82) is 0 Å². The summed E-state index contributed by atoms with van der Waals surface area (Å²) < 4.78 is 16.0. The van der Waals surface area contributed by atoms with Gasteiger partial charge in [0.25, 0.3) is 5.91 Å². The highest BCUT2D eigenvalue weighted by Gasteiger charge is 2.14. The first-order valence-electron chi connectivity index (χ1n) is 5.92. The van der Waals surface area contributed by atoms with Crippen LogP contribution in [-0.2, 0) is 10.8 Å². The van der Waals surface area contributed by atoms with Gasteiger partial charge < -0.3 is 15.2 Å². The summed E-state index contributed by atoms with van der Waals surface area (Å²) >= 11 is 0. The summed E-state index contributed by atoms with van der Waals surface area (Å²) in [5.41, 5.74) is 0.170. The van der Waals surface area contributed by atoms with Gasteiger partial charge in [0.05, 0.1) is 12.7 Å². The molecule has 2 N–H and O–H groups in total. The van der Waals surface area contributed by atoms with Crippen molar-refractivity contribution in [2.24, 2.45) is 0 Å². The smallest absolute Gasteiger partial charge is 0.255 e. The average Bonchev–Trinajstić information content (AvgIpc) is 2.36. The van der Waals surface area contributed by atoms with E-state index in [1.807, 2.05) is 6.92 Å². The van der Waals surface area contributed by atoms with Crippen LogP contribution in [0.15, 0.2) is 18.2 Å². The molecule has 0 aliphatic carbocycles. The van der Waals surface area contributed by atoms with Gasteiger partial charge in [0.15, 0.2) is 0 Å². The van der Waals surface area contributed by atoms with Gasteiger partial charge in [-0.25, -0.2) is 0 Å². The minimum atomic E-state index is -0.876. The first-order chi connectivity index (χ1) is 8.93. The van der Waals surface area contributed by atoms with E-state index < -0.39 is 10.8 Å². The van der Waals surface area contributed by atoms with Crippen LogP contribution in [0.1, 0.15) is 23.7 Å². The maximum Gasteiger partial charge on any atom is 0.255 e. The number of hydrogen-bond acceptors (Lipinski definition) is 4. The van der Waals surface area contributed by atoms with Crippen LogP contribution in [0.25, 0.3) is 0 Å². The fourth-order valence-corrected chi connectivity index (χ4v) is 2.23. The summed E-state index contributed by atoms with van der Waals surface area (Å²) in [6.45, 7) is 1.84. The zero-order valence-electron chi connectivity index (χ0n) is 11.3. The number of methoxy groups -OCH3 is 1. The maximum absolute atomic E-state index is 12.0. The van der Waals surface area contributed by atoms with Crippen molar-refractivity contribution in [3.05, 3.63) is 23.8 Å². The first-order valence-corrected chi connectivity index (χ1v) is 7.64. The van der Waals surface area contributed by atoms with Crippen molar-refractivity contribution in [3.8, 4) is 11.5 Å². The van der Waals surface area contributed by atoms with Crippen molar-refractivity contribution in [3.63, 3.8) is 0 Å². The molecule has 0 aromatic heterocycles. The van der Waals surface area contributed by atoms with Crippen LogP contribution in [0.5, 0.6) is 11.5 Å².